The molecule has 2 aromatic heterocycles. The molecule has 142 valence electrons. The molecule has 0 radical (unpaired) electrons. The zero-order valence-electron chi connectivity index (χ0n) is 14.4. The molecule has 0 saturated carbocycles. The van der Waals surface area contributed by atoms with E-state index in [9.17, 15) is 23.2 Å². The molecular formula is C19H12ClF3N4O. The molecule has 1 amide bonds. The van der Waals surface area contributed by atoms with Gasteiger partial charge in [-0.3, -0.25) is 4.79 Å². The Bertz CT molecular complexity index is 1140. The van der Waals surface area contributed by atoms with Crippen molar-refractivity contribution in [3.63, 3.8) is 0 Å². The van der Waals surface area contributed by atoms with Gasteiger partial charge >= 0.3 is 6.18 Å². The number of pyridine rings is 1. The lowest BCUT2D eigenvalue weighted by atomic mass is 10.1. The highest BCUT2D eigenvalue weighted by atomic mass is 35.5. The van der Waals surface area contributed by atoms with Crippen molar-refractivity contribution in [1.82, 2.24) is 9.38 Å². The van der Waals surface area contributed by atoms with Crippen molar-refractivity contribution in [3.05, 3.63) is 70.3 Å². The number of carbonyl (C=O) groups excluding carboxylic acids is 1. The van der Waals surface area contributed by atoms with Crippen molar-refractivity contribution in [2.45, 2.75) is 13.1 Å². The molecule has 3 rings (SSSR count). The van der Waals surface area contributed by atoms with Gasteiger partial charge in [0.1, 0.15) is 17.5 Å². The minimum atomic E-state index is -4.59. The van der Waals surface area contributed by atoms with Crippen LogP contribution < -0.4 is 5.32 Å². The highest BCUT2D eigenvalue weighted by Crippen LogP contribution is 2.34. The van der Waals surface area contributed by atoms with Gasteiger partial charge in [-0.25, -0.2) is 4.98 Å². The zero-order valence-corrected chi connectivity index (χ0v) is 15.1. The maximum atomic E-state index is 12.9. The fraction of sp³-hybridized carbons (Fsp3) is 0.105. The van der Waals surface area contributed by atoms with Crippen LogP contribution in [0.25, 0.3) is 11.6 Å². The molecule has 0 saturated heterocycles. The lowest BCUT2D eigenvalue weighted by molar-refractivity contribution is -0.137. The molecule has 2 heterocycles. The fourth-order valence-corrected chi connectivity index (χ4v) is 2.76. The van der Waals surface area contributed by atoms with Gasteiger partial charge in [-0.2, -0.15) is 18.4 Å². The molecule has 0 fully saturated rings. The average molecular weight is 405 g/mol. The molecule has 5 nitrogen and oxygen atoms in total. The van der Waals surface area contributed by atoms with Crippen LogP contribution in [-0.2, 0) is 11.0 Å². The van der Waals surface area contributed by atoms with E-state index in [4.69, 9.17) is 11.6 Å². The van der Waals surface area contributed by atoms with Gasteiger partial charge in [0.2, 0.25) is 0 Å². The number of benzene rings is 1. The van der Waals surface area contributed by atoms with Crippen molar-refractivity contribution >= 4 is 34.8 Å². The molecule has 3 aromatic rings. The first-order valence-corrected chi connectivity index (χ1v) is 8.32. The summed E-state index contributed by atoms with van der Waals surface area (Å²) in [5.41, 5.74) is -0.464. The van der Waals surface area contributed by atoms with Crippen molar-refractivity contribution in [1.29, 1.82) is 5.26 Å². The summed E-state index contributed by atoms with van der Waals surface area (Å²) in [4.78, 5) is 16.7. The van der Waals surface area contributed by atoms with E-state index >= 15 is 0 Å². The Kier molecular flexibility index (Phi) is 5.12. The van der Waals surface area contributed by atoms with Gasteiger partial charge in [0.25, 0.3) is 5.91 Å². The van der Waals surface area contributed by atoms with E-state index in [1.807, 2.05) is 6.07 Å². The maximum absolute atomic E-state index is 12.9. The number of hydrogen-bond acceptors (Lipinski definition) is 3. The molecule has 0 atom stereocenters. The lowest BCUT2D eigenvalue weighted by Gasteiger charge is -2.11. The number of aromatic nitrogens is 2. The number of anilines is 1. The predicted molar refractivity (Wildman–Crippen MR) is 98.6 cm³/mol. The molecule has 0 aliphatic carbocycles. The fourth-order valence-electron chi connectivity index (χ4n) is 2.60. The summed E-state index contributed by atoms with van der Waals surface area (Å²) in [5, 5.41) is 11.5. The number of amides is 1. The Morgan fingerprint density at radius 3 is 2.75 bits per heavy atom. The van der Waals surface area contributed by atoms with E-state index in [-0.39, 0.29) is 16.3 Å². The summed E-state index contributed by atoms with van der Waals surface area (Å²) < 4.78 is 40.4. The van der Waals surface area contributed by atoms with Crippen LogP contribution in [0.15, 0.2) is 48.2 Å². The quantitative estimate of drug-likeness (QED) is 0.500. The van der Waals surface area contributed by atoms with Gasteiger partial charge in [0, 0.05) is 6.20 Å². The van der Waals surface area contributed by atoms with E-state index in [0.29, 0.717) is 23.1 Å². The molecule has 9 heteroatoms. The molecule has 0 aliphatic rings. The lowest BCUT2D eigenvalue weighted by Crippen LogP contribution is -2.15. The van der Waals surface area contributed by atoms with E-state index in [2.05, 4.69) is 10.3 Å². The number of alkyl halides is 3. The van der Waals surface area contributed by atoms with E-state index in [1.54, 1.807) is 35.7 Å². The number of carbonyl (C=O) groups is 1. The Balaban J connectivity index is 1.95. The van der Waals surface area contributed by atoms with Gasteiger partial charge in [0.05, 0.1) is 27.5 Å². The monoisotopic (exact) mass is 404 g/mol. The summed E-state index contributed by atoms with van der Waals surface area (Å²) in [6.07, 6.45) is -1.53. The van der Waals surface area contributed by atoms with Gasteiger partial charge < -0.3 is 9.72 Å². The molecule has 0 unspecified atom stereocenters. The molecule has 0 aliphatic heterocycles. The van der Waals surface area contributed by atoms with Crippen LogP contribution in [0.3, 0.4) is 0 Å². The zero-order chi connectivity index (χ0) is 20.5. The maximum Gasteiger partial charge on any atom is 0.416 e. The van der Waals surface area contributed by atoms with Crippen LogP contribution in [0.4, 0.5) is 18.9 Å². The van der Waals surface area contributed by atoms with Gasteiger partial charge in [-0.05, 0) is 43.3 Å². The topological polar surface area (TPSA) is 70.2 Å². The van der Waals surface area contributed by atoms with Gasteiger partial charge in [0.15, 0.2) is 0 Å². The second kappa shape index (κ2) is 7.37. The van der Waals surface area contributed by atoms with E-state index < -0.39 is 17.6 Å². The Hall–Kier alpha value is -3.31. The number of halogens is 4. The molecule has 28 heavy (non-hydrogen) atoms. The average Bonchev–Trinajstić information content (AvgIpc) is 2.96. The van der Waals surface area contributed by atoms with Crippen molar-refractivity contribution in [2.24, 2.45) is 0 Å². The largest absolute Gasteiger partial charge is 0.416 e. The number of aryl methyl sites for hydroxylation is 1. The van der Waals surface area contributed by atoms with Crippen molar-refractivity contribution < 1.29 is 18.0 Å². The first-order valence-electron chi connectivity index (χ1n) is 7.94. The number of hydrogen-bond donors (Lipinski definition) is 1. The number of nitrogens with one attached hydrogen (secondary N) is 1. The first kappa shape index (κ1) is 19.5. The first-order chi connectivity index (χ1) is 13.2. The normalized spacial score (nSPS) is 12.1. The highest BCUT2D eigenvalue weighted by Gasteiger charge is 2.31. The van der Waals surface area contributed by atoms with Crippen LogP contribution in [0.5, 0.6) is 0 Å². The Labute approximate surface area is 162 Å². The summed E-state index contributed by atoms with van der Waals surface area (Å²) in [7, 11) is 0. The number of imidazole rings is 1. The van der Waals surface area contributed by atoms with Crippen LogP contribution in [0.2, 0.25) is 5.02 Å². The van der Waals surface area contributed by atoms with Crippen LogP contribution in [-0.4, -0.2) is 15.3 Å². The Morgan fingerprint density at radius 1 is 1.32 bits per heavy atom. The van der Waals surface area contributed by atoms with Crippen molar-refractivity contribution in [3.8, 4) is 6.07 Å². The molecule has 0 spiro atoms. The van der Waals surface area contributed by atoms with Gasteiger partial charge in [-0.15, -0.1) is 0 Å². The predicted octanol–water partition coefficient (Wildman–Crippen LogP) is 4.86. The molecule has 1 aromatic carbocycles. The third-order valence-electron chi connectivity index (χ3n) is 3.94. The number of nitriles is 1. The molecule has 1 N–H and O–H groups in total. The van der Waals surface area contributed by atoms with Crippen LogP contribution >= 0.6 is 11.6 Å². The number of fused-ring (bicyclic) bond motifs is 1. The van der Waals surface area contributed by atoms with E-state index in [0.717, 1.165) is 12.1 Å². The van der Waals surface area contributed by atoms with E-state index in [1.165, 1.54) is 6.08 Å². The van der Waals surface area contributed by atoms with Crippen LogP contribution in [0.1, 0.15) is 17.1 Å². The number of nitrogens with zero attached hydrogens (tertiary/aromatic N) is 3. The van der Waals surface area contributed by atoms with Gasteiger partial charge in [-0.1, -0.05) is 17.7 Å². The highest BCUT2D eigenvalue weighted by molar-refractivity contribution is 6.34. The summed E-state index contributed by atoms with van der Waals surface area (Å²) >= 11 is 5.88. The SMILES string of the molecule is Cc1nc(C=C(C#N)C(=O)Nc2cc(C(F)(F)F)ccc2Cl)c2ccccn12. The third-order valence-corrected chi connectivity index (χ3v) is 4.27. The van der Waals surface area contributed by atoms with Crippen molar-refractivity contribution in [2.75, 3.05) is 5.32 Å². The molecule has 0 bridgehead atoms. The van der Waals surface area contributed by atoms with Crippen LogP contribution in [0, 0.1) is 18.3 Å². The summed E-state index contributed by atoms with van der Waals surface area (Å²) in [5.74, 6) is -0.237. The smallest absolute Gasteiger partial charge is 0.320 e. The second-order valence-electron chi connectivity index (χ2n) is 5.82. The number of rotatable bonds is 3. The Morgan fingerprint density at radius 2 is 2.07 bits per heavy atom. The minimum Gasteiger partial charge on any atom is -0.320 e. The minimum absolute atomic E-state index is 0.0816. The standard InChI is InChI=1S/C19H12ClF3N4O/c1-11-25-16(17-4-2-3-7-27(11)17)8-12(10-24)18(28)26-15-9-13(19(21,22)23)5-6-14(15)20/h2-9H,1H3,(H,26,28). The third kappa shape index (κ3) is 3.85. The summed E-state index contributed by atoms with van der Waals surface area (Å²) in [6.45, 7) is 1.76. The molecular weight excluding hydrogens is 393 g/mol. The second-order valence-corrected chi connectivity index (χ2v) is 6.22. The summed E-state index contributed by atoms with van der Waals surface area (Å²) in [6, 6.07) is 9.65.